The molecule has 0 spiro atoms. The normalized spacial score (nSPS) is 19.6. The van der Waals surface area contributed by atoms with Crippen molar-refractivity contribution in [2.45, 2.75) is 50.2 Å². The monoisotopic (exact) mass is 342 g/mol. The minimum atomic E-state index is 0.545. The molecule has 1 nitrogen and oxygen atoms in total. The molecule has 3 heteroatoms. The van der Waals surface area contributed by atoms with E-state index in [1.165, 1.54) is 12.8 Å². The van der Waals surface area contributed by atoms with Gasteiger partial charge >= 0.3 is 0 Å². The second kappa shape index (κ2) is 9.00. The van der Waals surface area contributed by atoms with Gasteiger partial charge in [0.05, 0.1) is 13.2 Å². The highest BCUT2D eigenvalue weighted by Gasteiger charge is 2.16. The topological polar surface area (TPSA) is 9.23 Å². The second-order valence-corrected chi connectivity index (χ2v) is 7.12. The smallest absolute Gasteiger partial charge is 0.0504 e. The molecule has 0 saturated carbocycles. The number of hydrogen-bond donors (Lipinski definition) is 0. The van der Waals surface area contributed by atoms with Gasteiger partial charge < -0.3 is 4.74 Å². The van der Waals surface area contributed by atoms with Crippen LogP contribution >= 0.6 is 31.9 Å². The zero-order chi connectivity index (χ0) is 11.8. The SMILES string of the molecule is CCC(COCC(CC)C(C)Br)C(C)Br. The van der Waals surface area contributed by atoms with Crippen molar-refractivity contribution in [3.8, 4) is 0 Å². The van der Waals surface area contributed by atoms with Crippen molar-refractivity contribution in [2.75, 3.05) is 13.2 Å². The summed E-state index contributed by atoms with van der Waals surface area (Å²) in [4.78, 5) is 1.09. The maximum Gasteiger partial charge on any atom is 0.0504 e. The van der Waals surface area contributed by atoms with Gasteiger partial charge in [-0.1, -0.05) is 72.4 Å². The van der Waals surface area contributed by atoms with E-state index in [1.54, 1.807) is 0 Å². The molecule has 0 amide bonds. The molecular weight excluding hydrogens is 320 g/mol. The Labute approximate surface area is 112 Å². The first-order valence-corrected chi connectivity index (χ1v) is 7.71. The lowest BCUT2D eigenvalue weighted by molar-refractivity contribution is 0.0704. The third-order valence-corrected chi connectivity index (χ3v) is 4.51. The Balaban J connectivity index is 3.75. The van der Waals surface area contributed by atoms with Crippen molar-refractivity contribution in [3.05, 3.63) is 0 Å². The lowest BCUT2D eigenvalue weighted by atomic mass is 10.0. The molecule has 0 aliphatic heterocycles. The summed E-state index contributed by atoms with van der Waals surface area (Å²) in [7, 11) is 0. The molecule has 4 atom stereocenters. The van der Waals surface area contributed by atoms with E-state index in [4.69, 9.17) is 4.74 Å². The van der Waals surface area contributed by atoms with E-state index in [2.05, 4.69) is 59.6 Å². The van der Waals surface area contributed by atoms with Gasteiger partial charge in [0.2, 0.25) is 0 Å². The Bertz CT molecular complexity index is 133. The molecule has 0 fully saturated rings. The van der Waals surface area contributed by atoms with Gasteiger partial charge in [-0.25, -0.2) is 0 Å². The summed E-state index contributed by atoms with van der Waals surface area (Å²) in [6.07, 6.45) is 2.35. The van der Waals surface area contributed by atoms with E-state index < -0.39 is 0 Å². The predicted octanol–water partition coefficient (Wildman–Crippen LogP) is 4.62. The molecule has 0 N–H and O–H groups in total. The summed E-state index contributed by atoms with van der Waals surface area (Å²) in [6, 6.07) is 0. The van der Waals surface area contributed by atoms with Gasteiger partial charge in [0.1, 0.15) is 0 Å². The average molecular weight is 344 g/mol. The van der Waals surface area contributed by atoms with E-state index in [9.17, 15) is 0 Å². The fourth-order valence-electron chi connectivity index (χ4n) is 1.52. The van der Waals surface area contributed by atoms with E-state index in [0.29, 0.717) is 21.5 Å². The lowest BCUT2D eigenvalue weighted by Gasteiger charge is -2.21. The maximum atomic E-state index is 5.80. The van der Waals surface area contributed by atoms with Crippen molar-refractivity contribution >= 4 is 31.9 Å². The summed E-state index contributed by atoms with van der Waals surface area (Å²) in [5, 5.41) is 0. The maximum absolute atomic E-state index is 5.80. The Morgan fingerprint density at radius 1 is 0.867 bits per heavy atom. The van der Waals surface area contributed by atoms with Crippen molar-refractivity contribution in [1.82, 2.24) is 0 Å². The lowest BCUT2D eigenvalue weighted by Crippen LogP contribution is -2.22. The largest absolute Gasteiger partial charge is 0.381 e. The zero-order valence-electron chi connectivity index (χ0n) is 10.3. The molecule has 0 aromatic heterocycles. The average Bonchev–Trinajstić information content (AvgIpc) is 2.17. The van der Waals surface area contributed by atoms with Crippen LogP contribution in [-0.2, 0) is 4.74 Å². The third kappa shape index (κ3) is 6.96. The van der Waals surface area contributed by atoms with Crippen molar-refractivity contribution < 1.29 is 4.74 Å². The second-order valence-electron chi connectivity index (χ2n) is 4.23. The zero-order valence-corrected chi connectivity index (χ0v) is 13.5. The molecule has 15 heavy (non-hydrogen) atoms. The van der Waals surface area contributed by atoms with Crippen LogP contribution < -0.4 is 0 Å². The van der Waals surface area contributed by atoms with Crippen molar-refractivity contribution in [3.63, 3.8) is 0 Å². The first-order chi connectivity index (χ1) is 7.02. The molecular formula is C12H24Br2O. The molecule has 0 bridgehead atoms. The minimum absolute atomic E-state index is 0.545. The minimum Gasteiger partial charge on any atom is -0.381 e. The molecule has 0 aromatic rings. The molecule has 0 aliphatic carbocycles. The Hall–Kier alpha value is 0.920. The van der Waals surface area contributed by atoms with Crippen LogP contribution in [0.15, 0.2) is 0 Å². The highest BCUT2D eigenvalue weighted by Crippen LogP contribution is 2.19. The molecule has 4 unspecified atom stereocenters. The summed E-state index contributed by atoms with van der Waals surface area (Å²) >= 11 is 7.25. The fourth-order valence-corrected chi connectivity index (χ4v) is 2.57. The molecule has 0 aliphatic rings. The van der Waals surface area contributed by atoms with Gasteiger partial charge in [-0.3, -0.25) is 0 Å². The highest BCUT2D eigenvalue weighted by atomic mass is 79.9. The molecule has 0 heterocycles. The predicted molar refractivity (Wildman–Crippen MR) is 75.2 cm³/mol. The number of rotatable bonds is 8. The van der Waals surface area contributed by atoms with Gasteiger partial charge in [-0.05, 0) is 11.8 Å². The molecule has 0 radical (unpaired) electrons. The Morgan fingerprint density at radius 3 is 1.40 bits per heavy atom. The van der Waals surface area contributed by atoms with Gasteiger partial charge in [-0.2, -0.15) is 0 Å². The highest BCUT2D eigenvalue weighted by molar-refractivity contribution is 9.09. The summed E-state index contributed by atoms with van der Waals surface area (Å²) in [5.41, 5.74) is 0. The number of ether oxygens (including phenoxy) is 1. The van der Waals surface area contributed by atoms with Crippen molar-refractivity contribution in [2.24, 2.45) is 11.8 Å². The van der Waals surface area contributed by atoms with Gasteiger partial charge in [0, 0.05) is 9.65 Å². The molecule has 0 saturated heterocycles. The first kappa shape index (κ1) is 15.9. The van der Waals surface area contributed by atoms with Gasteiger partial charge in [0.15, 0.2) is 0 Å². The standard InChI is InChI=1S/C12H24Br2O/c1-5-11(9(3)13)7-15-8-12(6-2)10(4)14/h9-12H,5-8H2,1-4H3. The Morgan fingerprint density at radius 2 is 1.20 bits per heavy atom. The fraction of sp³-hybridized carbons (Fsp3) is 1.00. The van der Waals surface area contributed by atoms with Crippen LogP contribution in [0.1, 0.15) is 40.5 Å². The van der Waals surface area contributed by atoms with Crippen molar-refractivity contribution in [1.29, 1.82) is 0 Å². The quantitative estimate of drug-likeness (QED) is 0.584. The van der Waals surface area contributed by atoms with E-state index in [1.807, 2.05) is 0 Å². The van der Waals surface area contributed by atoms with Crippen LogP contribution in [0.4, 0.5) is 0 Å². The molecule has 92 valence electrons. The van der Waals surface area contributed by atoms with Gasteiger partial charge in [0.25, 0.3) is 0 Å². The summed E-state index contributed by atoms with van der Waals surface area (Å²) in [6.45, 7) is 10.6. The van der Waals surface area contributed by atoms with Gasteiger partial charge in [-0.15, -0.1) is 0 Å². The number of alkyl halides is 2. The van der Waals surface area contributed by atoms with Crippen LogP contribution in [0.3, 0.4) is 0 Å². The van der Waals surface area contributed by atoms with Crippen LogP contribution in [0.25, 0.3) is 0 Å². The summed E-state index contributed by atoms with van der Waals surface area (Å²) in [5.74, 6) is 1.27. The van der Waals surface area contributed by atoms with Crippen LogP contribution in [0.5, 0.6) is 0 Å². The molecule has 0 rings (SSSR count). The third-order valence-electron chi connectivity index (χ3n) is 3.01. The Kier molecular flexibility index (Phi) is 9.55. The van der Waals surface area contributed by atoms with E-state index >= 15 is 0 Å². The molecule has 0 aromatic carbocycles. The first-order valence-electron chi connectivity index (χ1n) is 5.88. The van der Waals surface area contributed by atoms with E-state index in [0.717, 1.165) is 13.2 Å². The number of hydrogen-bond acceptors (Lipinski definition) is 1. The van der Waals surface area contributed by atoms with Crippen LogP contribution in [0, 0.1) is 11.8 Å². The summed E-state index contributed by atoms with van der Waals surface area (Å²) < 4.78 is 5.80. The number of halogens is 2. The van der Waals surface area contributed by atoms with Crippen LogP contribution in [-0.4, -0.2) is 22.9 Å². The van der Waals surface area contributed by atoms with E-state index in [-0.39, 0.29) is 0 Å². The van der Waals surface area contributed by atoms with Crippen LogP contribution in [0.2, 0.25) is 0 Å².